The highest BCUT2D eigenvalue weighted by Crippen LogP contribution is 2.34. The molecule has 0 spiro atoms. The second kappa shape index (κ2) is 12.4. The molecule has 9 nitrogen and oxygen atoms in total. The number of nitrogens with zero attached hydrogens (tertiary/aromatic N) is 3. The number of rotatable bonds is 9. The fourth-order valence-electron chi connectivity index (χ4n) is 5.15. The quantitative estimate of drug-likeness (QED) is 0.196. The van der Waals surface area contributed by atoms with E-state index in [4.69, 9.17) is 16.4 Å². The molecule has 10 heteroatoms. The van der Waals surface area contributed by atoms with Crippen molar-refractivity contribution in [3.05, 3.63) is 119 Å². The summed E-state index contributed by atoms with van der Waals surface area (Å²) in [6.07, 6.45) is 3.25. The van der Waals surface area contributed by atoms with Gasteiger partial charge in [-0.15, -0.1) is 0 Å². The molecule has 6 rings (SSSR count). The predicted octanol–water partition coefficient (Wildman–Crippen LogP) is 5.58. The molecule has 3 aromatic carbocycles. The van der Waals surface area contributed by atoms with Gasteiger partial charge in [0.2, 0.25) is 5.82 Å². The third-order valence-corrected chi connectivity index (χ3v) is 7.47. The molecule has 0 saturated carbocycles. The number of carbonyl (C=O) groups excluding carboxylic acids is 2. The second-order valence-corrected chi connectivity index (χ2v) is 10.5. The standard InChI is InChI=1S/C32H29ClN6O3/c33-23-11-14-26-28(17-23)39(20-21-7-2-1-3-8-21)30(38-26)32(41)37-24-12-13-25-22(19-36-42-29(25)18-24)9-6-16-35-31(40)27-10-4-5-15-34-27/h1-5,7-8,10-15,17-18,22,36H,6,9,16,19-20H2,(H,35,40)(H,37,41). The molecule has 1 aliphatic heterocycles. The van der Waals surface area contributed by atoms with Crippen molar-refractivity contribution < 1.29 is 14.4 Å². The monoisotopic (exact) mass is 580 g/mol. The summed E-state index contributed by atoms with van der Waals surface area (Å²) in [7, 11) is 0. The van der Waals surface area contributed by atoms with Gasteiger partial charge in [0.1, 0.15) is 5.69 Å². The first-order chi connectivity index (χ1) is 20.5. The first-order valence-corrected chi connectivity index (χ1v) is 14.2. The average molecular weight is 581 g/mol. The van der Waals surface area contributed by atoms with E-state index in [0.29, 0.717) is 53.1 Å². The van der Waals surface area contributed by atoms with Crippen molar-refractivity contribution in [1.29, 1.82) is 0 Å². The van der Waals surface area contributed by atoms with Gasteiger partial charge in [-0.05, 0) is 54.8 Å². The first kappa shape index (κ1) is 27.4. The maximum Gasteiger partial charge on any atom is 0.291 e. The van der Waals surface area contributed by atoms with E-state index in [0.717, 1.165) is 29.5 Å². The molecule has 1 atom stereocenters. The van der Waals surface area contributed by atoms with Crippen LogP contribution < -0.4 is 21.0 Å². The molecule has 3 N–H and O–H groups in total. The van der Waals surface area contributed by atoms with E-state index in [9.17, 15) is 9.59 Å². The molecule has 0 radical (unpaired) electrons. The third-order valence-electron chi connectivity index (χ3n) is 7.23. The van der Waals surface area contributed by atoms with E-state index >= 15 is 0 Å². The van der Waals surface area contributed by atoms with Gasteiger partial charge in [-0.3, -0.25) is 14.6 Å². The lowest BCUT2D eigenvalue weighted by molar-refractivity contribution is 0.0946. The van der Waals surface area contributed by atoms with Gasteiger partial charge in [0.05, 0.1) is 11.0 Å². The number of carbonyl (C=O) groups is 2. The number of anilines is 1. The van der Waals surface area contributed by atoms with Gasteiger partial charge in [0.15, 0.2) is 5.75 Å². The predicted molar refractivity (Wildman–Crippen MR) is 162 cm³/mol. The normalized spacial score (nSPS) is 14.2. The zero-order chi connectivity index (χ0) is 28.9. The number of nitrogens with one attached hydrogen (secondary N) is 3. The van der Waals surface area contributed by atoms with Gasteiger partial charge in [-0.1, -0.05) is 54.1 Å². The number of hydrogen-bond acceptors (Lipinski definition) is 6. The molecule has 0 fully saturated rings. The molecular weight excluding hydrogens is 552 g/mol. The molecule has 42 heavy (non-hydrogen) atoms. The number of halogens is 1. The van der Waals surface area contributed by atoms with Gasteiger partial charge in [-0.25, -0.2) is 4.98 Å². The Morgan fingerprint density at radius 2 is 1.86 bits per heavy atom. The van der Waals surface area contributed by atoms with Gasteiger partial charge >= 0.3 is 0 Å². The Balaban J connectivity index is 1.14. The molecule has 3 heterocycles. The Bertz CT molecular complexity index is 1730. The van der Waals surface area contributed by atoms with Gasteiger partial charge < -0.3 is 20.0 Å². The highest BCUT2D eigenvalue weighted by Gasteiger charge is 2.23. The molecular formula is C32H29ClN6O3. The average Bonchev–Trinajstić information content (AvgIpc) is 3.37. The van der Waals surface area contributed by atoms with Crippen LogP contribution in [0.4, 0.5) is 5.69 Å². The van der Waals surface area contributed by atoms with E-state index in [1.807, 2.05) is 65.2 Å². The summed E-state index contributed by atoms with van der Waals surface area (Å²) in [5.74, 6) is 0.638. The van der Waals surface area contributed by atoms with Crippen molar-refractivity contribution in [1.82, 2.24) is 25.3 Å². The number of amides is 2. The number of imidazole rings is 1. The van der Waals surface area contributed by atoms with Crippen molar-refractivity contribution in [2.24, 2.45) is 0 Å². The Morgan fingerprint density at radius 3 is 2.69 bits per heavy atom. The first-order valence-electron chi connectivity index (χ1n) is 13.8. The summed E-state index contributed by atoms with van der Waals surface area (Å²) < 4.78 is 1.88. The molecule has 2 aromatic heterocycles. The van der Waals surface area contributed by atoms with Gasteiger partial charge in [0.25, 0.3) is 11.8 Å². The smallest absolute Gasteiger partial charge is 0.291 e. The summed E-state index contributed by atoms with van der Waals surface area (Å²) in [6, 6.07) is 26.3. The van der Waals surface area contributed by atoms with Crippen LogP contribution in [0.15, 0.2) is 91.1 Å². The zero-order valence-electron chi connectivity index (χ0n) is 22.7. The highest BCUT2D eigenvalue weighted by molar-refractivity contribution is 6.31. The Morgan fingerprint density at radius 1 is 1.00 bits per heavy atom. The van der Waals surface area contributed by atoms with E-state index < -0.39 is 0 Å². The second-order valence-electron chi connectivity index (χ2n) is 10.1. The Kier molecular flexibility index (Phi) is 8.12. The Labute approximate surface area is 247 Å². The minimum atomic E-state index is -0.331. The van der Waals surface area contributed by atoms with Crippen LogP contribution in [0.5, 0.6) is 5.75 Å². The van der Waals surface area contributed by atoms with Gasteiger partial charge in [-0.2, -0.15) is 5.48 Å². The number of hydroxylamine groups is 1. The lowest BCUT2D eigenvalue weighted by atomic mass is 9.92. The fourth-order valence-corrected chi connectivity index (χ4v) is 5.31. The summed E-state index contributed by atoms with van der Waals surface area (Å²) in [5, 5.41) is 6.49. The topological polar surface area (TPSA) is 110 Å². The van der Waals surface area contributed by atoms with Crippen molar-refractivity contribution in [3.8, 4) is 5.75 Å². The number of pyridine rings is 1. The maximum absolute atomic E-state index is 13.5. The minimum absolute atomic E-state index is 0.179. The largest absolute Gasteiger partial charge is 0.408 e. The van der Waals surface area contributed by atoms with Crippen LogP contribution in [0.25, 0.3) is 11.0 Å². The molecule has 0 saturated heterocycles. The molecule has 1 unspecified atom stereocenters. The summed E-state index contributed by atoms with van der Waals surface area (Å²) in [5.41, 5.74) is 7.57. The van der Waals surface area contributed by atoms with Crippen molar-refractivity contribution in [2.45, 2.75) is 25.3 Å². The minimum Gasteiger partial charge on any atom is -0.408 e. The summed E-state index contributed by atoms with van der Waals surface area (Å²) >= 11 is 6.29. The van der Waals surface area contributed by atoms with Crippen LogP contribution >= 0.6 is 11.6 Å². The summed E-state index contributed by atoms with van der Waals surface area (Å²) in [4.78, 5) is 40.2. The maximum atomic E-state index is 13.5. The van der Waals surface area contributed by atoms with Crippen LogP contribution in [0, 0.1) is 0 Å². The van der Waals surface area contributed by atoms with Crippen molar-refractivity contribution >= 4 is 40.1 Å². The van der Waals surface area contributed by atoms with E-state index in [-0.39, 0.29) is 17.7 Å². The van der Waals surface area contributed by atoms with E-state index in [1.54, 1.807) is 30.5 Å². The van der Waals surface area contributed by atoms with Crippen molar-refractivity contribution in [2.75, 3.05) is 18.4 Å². The lowest BCUT2D eigenvalue weighted by Gasteiger charge is -2.26. The number of aromatic nitrogens is 3. The van der Waals surface area contributed by atoms with Crippen molar-refractivity contribution in [3.63, 3.8) is 0 Å². The lowest BCUT2D eigenvalue weighted by Crippen LogP contribution is -2.31. The Hall–Kier alpha value is -4.73. The summed E-state index contributed by atoms with van der Waals surface area (Å²) in [6.45, 7) is 1.67. The SMILES string of the molecule is O=C(NCCCC1CNOc2cc(NC(=O)c3nc4ccc(Cl)cc4n3Cc3ccccc3)ccc21)c1ccccn1. The van der Waals surface area contributed by atoms with Crippen LogP contribution in [0.3, 0.4) is 0 Å². The van der Waals surface area contributed by atoms with Crippen LogP contribution in [0.1, 0.15) is 51.0 Å². The van der Waals surface area contributed by atoms with Crippen LogP contribution in [0.2, 0.25) is 5.02 Å². The molecule has 1 aliphatic rings. The molecule has 0 aliphatic carbocycles. The molecule has 2 amide bonds. The molecule has 212 valence electrons. The third kappa shape index (κ3) is 6.12. The van der Waals surface area contributed by atoms with Gasteiger partial charge in [0, 0.05) is 54.1 Å². The number of fused-ring (bicyclic) bond motifs is 2. The molecule has 5 aromatic rings. The highest BCUT2D eigenvalue weighted by atomic mass is 35.5. The van der Waals surface area contributed by atoms with E-state index in [1.165, 1.54) is 0 Å². The van der Waals surface area contributed by atoms with E-state index in [2.05, 4.69) is 26.1 Å². The molecule has 0 bridgehead atoms. The number of hydrogen-bond donors (Lipinski definition) is 3. The zero-order valence-corrected chi connectivity index (χ0v) is 23.5. The fraction of sp³-hybridized carbons (Fsp3) is 0.188. The van der Waals surface area contributed by atoms with Crippen LogP contribution in [-0.2, 0) is 6.54 Å². The number of benzene rings is 3. The van der Waals surface area contributed by atoms with Crippen LogP contribution in [-0.4, -0.2) is 39.4 Å².